The molecule has 7 nitrogen and oxygen atoms in total. The number of carbonyl (C=O) groups is 1. The molecule has 0 fully saturated rings. The van der Waals surface area contributed by atoms with Gasteiger partial charge in [-0.25, -0.2) is 8.42 Å². The van der Waals surface area contributed by atoms with Crippen LogP contribution in [0.15, 0.2) is 23.1 Å². The van der Waals surface area contributed by atoms with E-state index < -0.39 is 16.1 Å². The summed E-state index contributed by atoms with van der Waals surface area (Å²) in [6.45, 7) is 5.64. The fraction of sp³-hybridized carbons (Fsp3) is 0.667. The third-order valence-electron chi connectivity index (χ3n) is 5.16. The summed E-state index contributed by atoms with van der Waals surface area (Å²) >= 11 is 1.58. The van der Waals surface area contributed by atoms with Crippen LogP contribution in [0.2, 0.25) is 0 Å². The lowest BCUT2D eigenvalue weighted by Gasteiger charge is -2.22. The summed E-state index contributed by atoms with van der Waals surface area (Å²) in [6, 6.07) is 3.68. The van der Waals surface area contributed by atoms with Gasteiger partial charge in [0, 0.05) is 12.6 Å². The maximum absolute atomic E-state index is 12.9. The molecular weight excluding hydrogens is 424 g/mol. The molecule has 0 aliphatic carbocycles. The minimum absolute atomic E-state index is 0.0584. The van der Waals surface area contributed by atoms with Crippen molar-refractivity contribution in [3.8, 4) is 11.5 Å². The predicted molar refractivity (Wildman–Crippen MR) is 121 cm³/mol. The van der Waals surface area contributed by atoms with Gasteiger partial charge in [0.25, 0.3) is 0 Å². The Bertz CT molecular complexity index is 786. The van der Waals surface area contributed by atoms with Gasteiger partial charge in [-0.05, 0) is 42.9 Å². The summed E-state index contributed by atoms with van der Waals surface area (Å²) in [7, 11) is -3.88. The van der Waals surface area contributed by atoms with Gasteiger partial charge in [0.05, 0.1) is 4.90 Å². The normalized spacial score (nSPS) is 15.4. The van der Waals surface area contributed by atoms with Crippen molar-refractivity contribution in [2.75, 3.05) is 31.8 Å². The Morgan fingerprint density at radius 2 is 1.90 bits per heavy atom. The van der Waals surface area contributed by atoms with Gasteiger partial charge in [-0.1, -0.05) is 33.1 Å². The molecule has 0 saturated carbocycles. The molecule has 0 bridgehead atoms. The van der Waals surface area contributed by atoms with Gasteiger partial charge in [0.1, 0.15) is 19.3 Å². The molecule has 0 saturated heterocycles. The number of carbonyl (C=O) groups excluding carboxylic acids is 1. The number of amides is 1. The molecule has 170 valence electrons. The van der Waals surface area contributed by atoms with Crippen LogP contribution in [0.1, 0.15) is 46.0 Å². The molecule has 1 aromatic rings. The fourth-order valence-corrected chi connectivity index (χ4v) is 4.95. The number of hydrogen-bond acceptors (Lipinski definition) is 6. The first-order chi connectivity index (χ1) is 14.4. The molecule has 1 aliphatic heterocycles. The maximum atomic E-state index is 12.9. The lowest BCUT2D eigenvalue weighted by atomic mass is 9.99. The van der Waals surface area contributed by atoms with Crippen LogP contribution in [0.3, 0.4) is 0 Å². The Labute approximate surface area is 184 Å². The van der Waals surface area contributed by atoms with Crippen LogP contribution in [0.25, 0.3) is 0 Å². The van der Waals surface area contributed by atoms with Gasteiger partial charge in [-0.15, -0.1) is 0 Å². The Morgan fingerprint density at radius 3 is 2.57 bits per heavy atom. The Kier molecular flexibility index (Phi) is 10.3. The number of benzene rings is 1. The zero-order chi connectivity index (χ0) is 22.0. The van der Waals surface area contributed by atoms with Crippen LogP contribution in [-0.2, 0) is 14.8 Å². The van der Waals surface area contributed by atoms with E-state index in [2.05, 4.69) is 23.9 Å². The molecule has 1 aliphatic rings. The van der Waals surface area contributed by atoms with Crippen LogP contribution in [0, 0.1) is 5.92 Å². The highest BCUT2D eigenvalue weighted by molar-refractivity contribution is 7.98. The molecule has 2 atom stereocenters. The second kappa shape index (κ2) is 12.4. The summed E-state index contributed by atoms with van der Waals surface area (Å²) in [5.41, 5.74) is 0. The van der Waals surface area contributed by atoms with E-state index in [4.69, 9.17) is 9.47 Å². The van der Waals surface area contributed by atoms with E-state index in [1.807, 2.05) is 6.26 Å². The summed E-state index contributed by atoms with van der Waals surface area (Å²) in [5, 5.41) is 2.96. The van der Waals surface area contributed by atoms with Crippen LogP contribution in [0.4, 0.5) is 0 Å². The van der Waals surface area contributed by atoms with Crippen molar-refractivity contribution in [1.29, 1.82) is 0 Å². The number of sulfonamides is 1. The molecule has 0 spiro atoms. The van der Waals surface area contributed by atoms with Gasteiger partial charge < -0.3 is 14.8 Å². The first-order valence-electron chi connectivity index (χ1n) is 10.6. The Hall–Kier alpha value is -1.45. The van der Waals surface area contributed by atoms with Crippen LogP contribution < -0.4 is 19.5 Å². The predicted octanol–water partition coefficient (Wildman–Crippen LogP) is 3.19. The quantitative estimate of drug-likeness (QED) is 0.472. The highest BCUT2D eigenvalue weighted by Gasteiger charge is 2.27. The third kappa shape index (κ3) is 7.35. The lowest BCUT2D eigenvalue weighted by molar-refractivity contribution is -0.122. The maximum Gasteiger partial charge on any atom is 0.241 e. The molecule has 1 aromatic carbocycles. The summed E-state index contributed by atoms with van der Waals surface area (Å²) in [5.74, 6) is 1.73. The van der Waals surface area contributed by atoms with Crippen molar-refractivity contribution in [2.24, 2.45) is 5.92 Å². The first-order valence-corrected chi connectivity index (χ1v) is 13.5. The van der Waals surface area contributed by atoms with E-state index >= 15 is 0 Å². The average Bonchev–Trinajstić information content (AvgIpc) is 2.76. The SMILES string of the molecule is CCCCC(CC)CNC(=O)C(CCSC)NS(=O)(=O)c1ccc2c(c1)OCCO2. The Morgan fingerprint density at radius 1 is 1.17 bits per heavy atom. The van der Waals surface area contributed by atoms with Gasteiger partial charge >= 0.3 is 0 Å². The standard InChI is InChI=1S/C21H34N2O5S2/c1-4-6-7-16(5-2)15-22-21(24)18(10-13-29-3)23-30(25,26)17-8-9-19-20(14-17)28-12-11-27-19/h8-9,14,16,18,23H,4-7,10-13,15H2,1-3H3,(H,22,24). The van der Waals surface area contributed by atoms with Gasteiger partial charge in [-0.2, -0.15) is 16.5 Å². The zero-order valence-electron chi connectivity index (χ0n) is 18.1. The highest BCUT2D eigenvalue weighted by Crippen LogP contribution is 2.32. The number of ether oxygens (including phenoxy) is 2. The number of hydrogen-bond donors (Lipinski definition) is 2. The van der Waals surface area contributed by atoms with Crippen molar-refractivity contribution in [1.82, 2.24) is 10.0 Å². The molecule has 2 unspecified atom stereocenters. The summed E-state index contributed by atoms with van der Waals surface area (Å²) < 4.78 is 39.4. The first kappa shape index (κ1) is 24.8. The zero-order valence-corrected chi connectivity index (χ0v) is 19.7. The number of unbranched alkanes of at least 4 members (excludes halogenated alkanes) is 1. The number of nitrogens with one attached hydrogen (secondary N) is 2. The van der Waals surface area contributed by atoms with Crippen molar-refractivity contribution in [2.45, 2.75) is 56.9 Å². The largest absolute Gasteiger partial charge is 0.486 e. The molecule has 1 heterocycles. The van der Waals surface area contributed by atoms with E-state index in [0.717, 1.165) is 25.7 Å². The van der Waals surface area contributed by atoms with Crippen LogP contribution in [0.5, 0.6) is 11.5 Å². The average molecular weight is 459 g/mol. The second-order valence-electron chi connectivity index (χ2n) is 7.42. The van der Waals surface area contributed by atoms with Gasteiger partial charge in [0.15, 0.2) is 11.5 Å². The topological polar surface area (TPSA) is 93.7 Å². The number of fused-ring (bicyclic) bond motifs is 1. The smallest absolute Gasteiger partial charge is 0.241 e. The Balaban J connectivity index is 2.07. The van der Waals surface area contributed by atoms with Gasteiger partial charge in [0.2, 0.25) is 15.9 Å². The molecular formula is C21H34N2O5S2. The fourth-order valence-electron chi connectivity index (χ4n) is 3.24. The van der Waals surface area contributed by atoms with Crippen LogP contribution >= 0.6 is 11.8 Å². The van der Waals surface area contributed by atoms with E-state index in [0.29, 0.717) is 49.3 Å². The molecule has 2 N–H and O–H groups in total. The van der Waals surface area contributed by atoms with Crippen LogP contribution in [-0.4, -0.2) is 52.1 Å². The third-order valence-corrected chi connectivity index (χ3v) is 7.27. The van der Waals surface area contributed by atoms with Crippen molar-refractivity contribution < 1.29 is 22.7 Å². The van der Waals surface area contributed by atoms with Crippen molar-refractivity contribution >= 4 is 27.7 Å². The van der Waals surface area contributed by atoms with E-state index in [1.54, 1.807) is 17.8 Å². The van der Waals surface area contributed by atoms with E-state index in [1.165, 1.54) is 12.1 Å². The van der Waals surface area contributed by atoms with Crippen molar-refractivity contribution in [3.05, 3.63) is 18.2 Å². The molecule has 2 rings (SSSR count). The molecule has 30 heavy (non-hydrogen) atoms. The monoisotopic (exact) mass is 458 g/mol. The van der Waals surface area contributed by atoms with Gasteiger partial charge in [-0.3, -0.25) is 4.79 Å². The van der Waals surface area contributed by atoms with E-state index in [-0.39, 0.29) is 10.8 Å². The molecule has 0 radical (unpaired) electrons. The minimum Gasteiger partial charge on any atom is -0.486 e. The molecule has 0 aromatic heterocycles. The molecule has 1 amide bonds. The minimum atomic E-state index is -3.88. The lowest BCUT2D eigenvalue weighted by Crippen LogP contribution is -2.48. The number of thioether (sulfide) groups is 1. The summed E-state index contributed by atoms with van der Waals surface area (Å²) in [4.78, 5) is 12.9. The number of rotatable bonds is 13. The highest BCUT2D eigenvalue weighted by atomic mass is 32.2. The van der Waals surface area contributed by atoms with Crippen molar-refractivity contribution in [3.63, 3.8) is 0 Å². The summed E-state index contributed by atoms with van der Waals surface area (Å²) in [6.07, 6.45) is 6.65. The van der Waals surface area contributed by atoms with E-state index in [9.17, 15) is 13.2 Å². The second-order valence-corrected chi connectivity index (χ2v) is 10.1. The molecule has 9 heteroatoms.